The lowest BCUT2D eigenvalue weighted by molar-refractivity contribution is -0.126. The van der Waals surface area contributed by atoms with E-state index in [-0.39, 0.29) is 24.6 Å². The van der Waals surface area contributed by atoms with Crippen molar-refractivity contribution in [1.82, 2.24) is 10.2 Å². The highest BCUT2D eigenvalue weighted by Gasteiger charge is 2.19. The third-order valence-electron chi connectivity index (χ3n) is 2.37. The molecule has 0 aliphatic heterocycles. The summed E-state index contributed by atoms with van der Waals surface area (Å²) in [4.78, 5) is 13.8. The lowest BCUT2D eigenvalue weighted by atomic mass is 10.2. The van der Waals surface area contributed by atoms with Crippen LogP contribution in [0.1, 0.15) is 34.1 Å². The van der Waals surface area contributed by atoms with Gasteiger partial charge in [0.2, 0.25) is 5.91 Å². The fraction of sp³-hybridized carbons (Fsp3) is 0.909. The van der Waals surface area contributed by atoms with E-state index in [1.807, 2.05) is 27.7 Å². The van der Waals surface area contributed by atoms with Gasteiger partial charge in [-0.25, -0.2) is 0 Å². The molecule has 90 valence electrons. The summed E-state index contributed by atoms with van der Waals surface area (Å²) in [5.74, 6) is 0.0600. The average molecular weight is 216 g/mol. The van der Waals surface area contributed by atoms with Gasteiger partial charge in [0.1, 0.15) is 0 Å². The van der Waals surface area contributed by atoms with E-state index in [4.69, 9.17) is 5.11 Å². The molecule has 0 saturated carbocycles. The summed E-state index contributed by atoms with van der Waals surface area (Å²) in [5, 5.41) is 11.6. The Kier molecular flexibility index (Phi) is 7.34. The standard InChI is InChI=1S/C11H24N2O2/c1-5-13(7-6-8-14)10(4)11(15)12-9(2)3/h9-10,14H,5-8H2,1-4H3,(H,12,15). The van der Waals surface area contributed by atoms with Crippen LogP contribution in [0.4, 0.5) is 0 Å². The van der Waals surface area contributed by atoms with Crippen LogP contribution in [0.25, 0.3) is 0 Å². The molecule has 0 radical (unpaired) electrons. The highest BCUT2D eigenvalue weighted by Crippen LogP contribution is 2.00. The predicted octanol–water partition coefficient (Wildman–Crippen LogP) is 0.604. The van der Waals surface area contributed by atoms with E-state index in [2.05, 4.69) is 10.2 Å². The molecule has 0 rings (SSSR count). The highest BCUT2D eigenvalue weighted by atomic mass is 16.3. The van der Waals surface area contributed by atoms with Crippen molar-refractivity contribution in [2.24, 2.45) is 0 Å². The lowest BCUT2D eigenvalue weighted by Gasteiger charge is -2.27. The Morgan fingerprint density at radius 1 is 1.40 bits per heavy atom. The van der Waals surface area contributed by atoms with Crippen molar-refractivity contribution < 1.29 is 9.90 Å². The molecule has 2 N–H and O–H groups in total. The molecule has 1 unspecified atom stereocenters. The molecule has 0 aromatic rings. The summed E-state index contributed by atoms with van der Waals surface area (Å²) in [6.45, 7) is 9.60. The number of carbonyl (C=O) groups is 1. The predicted molar refractivity (Wildman–Crippen MR) is 61.7 cm³/mol. The zero-order chi connectivity index (χ0) is 11.8. The van der Waals surface area contributed by atoms with Crippen LogP contribution in [0.5, 0.6) is 0 Å². The summed E-state index contributed by atoms with van der Waals surface area (Å²) >= 11 is 0. The molecule has 4 nitrogen and oxygen atoms in total. The van der Waals surface area contributed by atoms with Crippen LogP contribution in [0.3, 0.4) is 0 Å². The minimum atomic E-state index is -0.121. The molecule has 0 aliphatic carbocycles. The van der Waals surface area contributed by atoms with Crippen LogP contribution < -0.4 is 5.32 Å². The zero-order valence-corrected chi connectivity index (χ0v) is 10.3. The molecule has 0 spiro atoms. The van der Waals surface area contributed by atoms with E-state index in [1.54, 1.807) is 0 Å². The van der Waals surface area contributed by atoms with Crippen LogP contribution in [0.15, 0.2) is 0 Å². The van der Waals surface area contributed by atoms with Crippen LogP contribution in [0.2, 0.25) is 0 Å². The Labute approximate surface area is 92.7 Å². The van der Waals surface area contributed by atoms with Gasteiger partial charge in [0.25, 0.3) is 0 Å². The highest BCUT2D eigenvalue weighted by molar-refractivity contribution is 5.81. The number of hydrogen-bond acceptors (Lipinski definition) is 3. The molecular formula is C11H24N2O2. The molecule has 0 aliphatic rings. The number of amides is 1. The molecule has 0 bridgehead atoms. The normalized spacial score (nSPS) is 13.3. The first-order valence-electron chi connectivity index (χ1n) is 5.68. The quantitative estimate of drug-likeness (QED) is 0.655. The SMILES string of the molecule is CCN(CCCO)C(C)C(=O)NC(C)C. The Balaban J connectivity index is 4.11. The first kappa shape index (κ1) is 14.4. The molecule has 0 heterocycles. The van der Waals surface area contributed by atoms with Crippen LogP contribution in [-0.4, -0.2) is 47.7 Å². The number of aliphatic hydroxyl groups excluding tert-OH is 1. The summed E-state index contributed by atoms with van der Waals surface area (Å²) in [5.41, 5.74) is 0. The molecule has 0 saturated heterocycles. The number of likely N-dealkylation sites (N-methyl/N-ethyl adjacent to an activating group) is 1. The molecule has 1 atom stereocenters. The van der Waals surface area contributed by atoms with Gasteiger partial charge in [0, 0.05) is 19.2 Å². The minimum Gasteiger partial charge on any atom is -0.396 e. The van der Waals surface area contributed by atoms with Crippen molar-refractivity contribution in [1.29, 1.82) is 0 Å². The Morgan fingerprint density at radius 2 is 2.00 bits per heavy atom. The molecule has 1 amide bonds. The fourth-order valence-electron chi connectivity index (χ4n) is 1.47. The van der Waals surface area contributed by atoms with Crippen molar-refractivity contribution in [3.63, 3.8) is 0 Å². The number of aliphatic hydroxyl groups is 1. The number of nitrogens with zero attached hydrogens (tertiary/aromatic N) is 1. The molecule has 0 aromatic carbocycles. The van der Waals surface area contributed by atoms with Crippen LogP contribution in [-0.2, 0) is 4.79 Å². The van der Waals surface area contributed by atoms with E-state index < -0.39 is 0 Å². The third kappa shape index (κ3) is 5.74. The van der Waals surface area contributed by atoms with Gasteiger partial charge in [-0.3, -0.25) is 9.69 Å². The van der Waals surface area contributed by atoms with E-state index in [9.17, 15) is 4.79 Å². The van der Waals surface area contributed by atoms with Gasteiger partial charge in [-0.15, -0.1) is 0 Å². The van der Waals surface area contributed by atoms with E-state index in [0.29, 0.717) is 6.42 Å². The maximum absolute atomic E-state index is 11.7. The van der Waals surface area contributed by atoms with Gasteiger partial charge < -0.3 is 10.4 Å². The number of rotatable bonds is 7. The van der Waals surface area contributed by atoms with Gasteiger partial charge in [-0.1, -0.05) is 6.92 Å². The summed E-state index contributed by atoms with van der Waals surface area (Å²) in [7, 11) is 0. The van der Waals surface area contributed by atoms with Gasteiger partial charge in [0.15, 0.2) is 0 Å². The first-order valence-corrected chi connectivity index (χ1v) is 5.68. The summed E-state index contributed by atoms with van der Waals surface area (Å²) < 4.78 is 0. The topological polar surface area (TPSA) is 52.6 Å². The van der Waals surface area contributed by atoms with Crippen molar-refractivity contribution in [2.75, 3.05) is 19.7 Å². The Morgan fingerprint density at radius 3 is 2.40 bits per heavy atom. The van der Waals surface area contributed by atoms with Crippen molar-refractivity contribution in [3.05, 3.63) is 0 Å². The maximum atomic E-state index is 11.7. The molecular weight excluding hydrogens is 192 g/mol. The van der Waals surface area contributed by atoms with Crippen LogP contribution >= 0.6 is 0 Å². The van der Waals surface area contributed by atoms with Crippen molar-refractivity contribution in [3.8, 4) is 0 Å². The second kappa shape index (κ2) is 7.65. The smallest absolute Gasteiger partial charge is 0.237 e. The molecule has 15 heavy (non-hydrogen) atoms. The van der Waals surface area contributed by atoms with Gasteiger partial charge in [0.05, 0.1) is 6.04 Å². The molecule has 4 heteroatoms. The van der Waals surface area contributed by atoms with Crippen LogP contribution in [0, 0.1) is 0 Å². The van der Waals surface area contributed by atoms with E-state index in [1.165, 1.54) is 0 Å². The summed E-state index contributed by atoms with van der Waals surface area (Å²) in [6, 6.07) is 0.0560. The second-order valence-corrected chi connectivity index (χ2v) is 4.05. The van der Waals surface area contributed by atoms with Crippen molar-refractivity contribution in [2.45, 2.75) is 46.2 Å². The van der Waals surface area contributed by atoms with Gasteiger partial charge >= 0.3 is 0 Å². The second-order valence-electron chi connectivity index (χ2n) is 4.05. The maximum Gasteiger partial charge on any atom is 0.237 e. The lowest BCUT2D eigenvalue weighted by Crippen LogP contribution is -2.47. The number of carbonyl (C=O) groups excluding carboxylic acids is 1. The van der Waals surface area contributed by atoms with E-state index in [0.717, 1.165) is 13.1 Å². The van der Waals surface area contributed by atoms with Gasteiger partial charge in [-0.05, 0) is 33.7 Å². The monoisotopic (exact) mass is 216 g/mol. The van der Waals surface area contributed by atoms with Crippen molar-refractivity contribution >= 4 is 5.91 Å². The Hall–Kier alpha value is -0.610. The molecule has 0 fully saturated rings. The average Bonchev–Trinajstić information content (AvgIpc) is 2.17. The largest absolute Gasteiger partial charge is 0.396 e. The third-order valence-corrected chi connectivity index (χ3v) is 2.37. The van der Waals surface area contributed by atoms with Gasteiger partial charge in [-0.2, -0.15) is 0 Å². The van der Waals surface area contributed by atoms with E-state index >= 15 is 0 Å². The fourth-order valence-corrected chi connectivity index (χ4v) is 1.47. The molecule has 0 aromatic heterocycles. The summed E-state index contributed by atoms with van der Waals surface area (Å²) in [6.07, 6.45) is 0.715. The minimum absolute atomic E-state index is 0.0600. The number of nitrogens with one attached hydrogen (secondary N) is 1. The first-order chi connectivity index (χ1) is 7.02. The Bertz CT molecular complexity index is 183. The number of hydrogen-bond donors (Lipinski definition) is 2. The zero-order valence-electron chi connectivity index (χ0n) is 10.3.